The number of nitrogens with zero attached hydrogens (tertiary/aromatic N) is 1. The second kappa shape index (κ2) is 5.87. The first kappa shape index (κ1) is 12.9. The van der Waals surface area contributed by atoms with Crippen LogP contribution in [0.2, 0.25) is 0 Å². The monoisotopic (exact) mass is 248 g/mol. The summed E-state index contributed by atoms with van der Waals surface area (Å²) in [5.74, 6) is 0.725. The lowest BCUT2D eigenvalue weighted by Crippen LogP contribution is -2.31. The van der Waals surface area contributed by atoms with Crippen LogP contribution in [0.25, 0.3) is 0 Å². The molecule has 1 fully saturated rings. The smallest absolute Gasteiger partial charge is 0.224 e. The number of hydrogen-bond acceptors (Lipinski definition) is 3. The normalized spacial score (nSPS) is 19.9. The number of phenolic OH excluding ortho intramolecular Hbond substituents is 1. The minimum absolute atomic E-state index is 0.0222. The number of hydrogen-bond donors (Lipinski definition) is 2. The Labute approximate surface area is 108 Å². The summed E-state index contributed by atoms with van der Waals surface area (Å²) < 4.78 is 0. The van der Waals surface area contributed by atoms with Gasteiger partial charge in [0.2, 0.25) is 5.91 Å². The van der Waals surface area contributed by atoms with Gasteiger partial charge in [-0.15, -0.1) is 0 Å². The number of aromatic hydroxyl groups is 1. The SMILES string of the molecule is CN1CCC(CNC(=O)Cc2ccccc2O)C1. The molecule has 1 amide bonds. The number of amides is 1. The molecule has 1 aromatic carbocycles. The van der Waals surface area contributed by atoms with Crippen molar-refractivity contribution in [1.82, 2.24) is 10.2 Å². The predicted molar refractivity (Wildman–Crippen MR) is 70.4 cm³/mol. The highest BCUT2D eigenvalue weighted by molar-refractivity contribution is 5.79. The molecule has 1 unspecified atom stereocenters. The molecule has 1 aliphatic rings. The summed E-state index contributed by atoms with van der Waals surface area (Å²) in [5, 5.41) is 12.5. The van der Waals surface area contributed by atoms with Crippen LogP contribution in [0.4, 0.5) is 0 Å². The lowest BCUT2D eigenvalue weighted by Gasteiger charge is -2.12. The summed E-state index contributed by atoms with van der Waals surface area (Å²) in [6, 6.07) is 6.96. The van der Waals surface area contributed by atoms with Gasteiger partial charge in [0.05, 0.1) is 6.42 Å². The molecular formula is C14H20N2O2. The summed E-state index contributed by atoms with van der Waals surface area (Å²) in [6.07, 6.45) is 1.39. The lowest BCUT2D eigenvalue weighted by molar-refractivity contribution is -0.120. The van der Waals surface area contributed by atoms with Crippen molar-refractivity contribution in [3.05, 3.63) is 29.8 Å². The second-order valence-electron chi connectivity index (χ2n) is 5.03. The number of rotatable bonds is 4. The Morgan fingerprint density at radius 3 is 2.94 bits per heavy atom. The van der Waals surface area contributed by atoms with Crippen molar-refractivity contribution < 1.29 is 9.90 Å². The molecule has 2 rings (SSSR count). The fraction of sp³-hybridized carbons (Fsp3) is 0.500. The standard InChI is InChI=1S/C14H20N2O2/c1-16-7-6-11(10-16)9-15-14(18)8-12-4-2-3-5-13(12)17/h2-5,11,17H,6-10H2,1H3,(H,15,18). The molecule has 1 aromatic rings. The van der Waals surface area contributed by atoms with E-state index in [-0.39, 0.29) is 18.1 Å². The van der Waals surface area contributed by atoms with Crippen LogP contribution in [0.5, 0.6) is 5.75 Å². The number of nitrogens with one attached hydrogen (secondary N) is 1. The van der Waals surface area contributed by atoms with E-state index in [1.165, 1.54) is 0 Å². The summed E-state index contributed by atoms with van der Waals surface area (Å²) in [6.45, 7) is 2.90. The van der Waals surface area contributed by atoms with Crippen molar-refractivity contribution in [3.8, 4) is 5.75 Å². The van der Waals surface area contributed by atoms with Gasteiger partial charge >= 0.3 is 0 Å². The van der Waals surface area contributed by atoms with E-state index in [0.717, 1.165) is 26.1 Å². The summed E-state index contributed by atoms with van der Waals surface area (Å²) >= 11 is 0. The van der Waals surface area contributed by atoms with E-state index in [0.29, 0.717) is 11.5 Å². The first-order chi connectivity index (χ1) is 8.65. The van der Waals surface area contributed by atoms with Crippen LogP contribution >= 0.6 is 0 Å². The molecule has 18 heavy (non-hydrogen) atoms. The number of para-hydroxylation sites is 1. The minimum Gasteiger partial charge on any atom is -0.508 e. The summed E-state index contributed by atoms with van der Waals surface area (Å²) in [7, 11) is 2.10. The van der Waals surface area contributed by atoms with E-state index >= 15 is 0 Å². The molecule has 0 bridgehead atoms. The van der Waals surface area contributed by atoms with Crippen LogP contribution in [0.3, 0.4) is 0 Å². The molecule has 98 valence electrons. The van der Waals surface area contributed by atoms with Gasteiger partial charge in [-0.25, -0.2) is 0 Å². The van der Waals surface area contributed by atoms with Crippen molar-refractivity contribution >= 4 is 5.91 Å². The van der Waals surface area contributed by atoms with Gasteiger partial charge in [0.1, 0.15) is 5.75 Å². The Morgan fingerprint density at radius 2 is 2.28 bits per heavy atom. The third-order valence-electron chi connectivity index (χ3n) is 3.42. The van der Waals surface area contributed by atoms with Gasteiger partial charge < -0.3 is 15.3 Å². The number of carbonyl (C=O) groups excluding carboxylic acids is 1. The van der Waals surface area contributed by atoms with Crippen molar-refractivity contribution in [2.24, 2.45) is 5.92 Å². The second-order valence-corrected chi connectivity index (χ2v) is 5.03. The first-order valence-corrected chi connectivity index (χ1v) is 6.37. The van der Waals surface area contributed by atoms with Crippen LogP contribution in [0.1, 0.15) is 12.0 Å². The van der Waals surface area contributed by atoms with Crippen molar-refractivity contribution in [1.29, 1.82) is 0 Å². The molecule has 0 spiro atoms. The number of phenols is 1. The topological polar surface area (TPSA) is 52.6 Å². The van der Waals surface area contributed by atoms with E-state index in [4.69, 9.17) is 0 Å². The summed E-state index contributed by atoms with van der Waals surface area (Å²) in [5.41, 5.74) is 0.679. The predicted octanol–water partition coefficient (Wildman–Crippen LogP) is 1.00. The highest BCUT2D eigenvalue weighted by Crippen LogP contribution is 2.16. The molecule has 0 radical (unpaired) electrons. The fourth-order valence-corrected chi connectivity index (χ4v) is 2.35. The van der Waals surface area contributed by atoms with Gasteiger partial charge in [-0.05, 0) is 32.0 Å². The molecule has 4 heteroatoms. The van der Waals surface area contributed by atoms with Crippen LogP contribution < -0.4 is 5.32 Å². The van der Waals surface area contributed by atoms with Crippen molar-refractivity contribution in [3.63, 3.8) is 0 Å². The highest BCUT2D eigenvalue weighted by Gasteiger charge is 2.19. The van der Waals surface area contributed by atoms with Gasteiger partial charge in [0.25, 0.3) is 0 Å². The van der Waals surface area contributed by atoms with Gasteiger partial charge in [-0.3, -0.25) is 4.79 Å². The Balaban J connectivity index is 1.77. The third-order valence-corrected chi connectivity index (χ3v) is 3.42. The molecule has 0 aromatic heterocycles. The van der Waals surface area contributed by atoms with Gasteiger partial charge in [0, 0.05) is 18.7 Å². The molecule has 1 heterocycles. The Morgan fingerprint density at radius 1 is 1.50 bits per heavy atom. The number of benzene rings is 1. The minimum atomic E-state index is -0.0222. The molecular weight excluding hydrogens is 228 g/mol. The maximum atomic E-state index is 11.8. The van der Waals surface area contributed by atoms with E-state index in [1.54, 1.807) is 18.2 Å². The maximum Gasteiger partial charge on any atom is 0.224 e. The Bertz CT molecular complexity index is 420. The van der Waals surface area contributed by atoms with Crippen LogP contribution in [0.15, 0.2) is 24.3 Å². The summed E-state index contributed by atoms with van der Waals surface area (Å²) in [4.78, 5) is 14.0. The molecule has 1 saturated heterocycles. The van der Waals surface area contributed by atoms with Crippen LogP contribution in [-0.2, 0) is 11.2 Å². The molecule has 0 saturated carbocycles. The third kappa shape index (κ3) is 3.47. The Hall–Kier alpha value is -1.55. The fourth-order valence-electron chi connectivity index (χ4n) is 2.35. The first-order valence-electron chi connectivity index (χ1n) is 6.37. The molecule has 1 atom stereocenters. The van der Waals surface area contributed by atoms with E-state index in [2.05, 4.69) is 17.3 Å². The molecule has 0 aliphatic carbocycles. The van der Waals surface area contributed by atoms with Crippen molar-refractivity contribution in [2.45, 2.75) is 12.8 Å². The zero-order chi connectivity index (χ0) is 13.0. The zero-order valence-electron chi connectivity index (χ0n) is 10.7. The van der Waals surface area contributed by atoms with Gasteiger partial charge in [-0.1, -0.05) is 18.2 Å². The van der Waals surface area contributed by atoms with Gasteiger partial charge in [0.15, 0.2) is 0 Å². The maximum absolute atomic E-state index is 11.8. The lowest BCUT2D eigenvalue weighted by atomic mass is 10.1. The van der Waals surface area contributed by atoms with E-state index in [9.17, 15) is 9.90 Å². The average molecular weight is 248 g/mol. The molecule has 4 nitrogen and oxygen atoms in total. The van der Waals surface area contributed by atoms with E-state index < -0.39 is 0 Å². The molecule has 1 aliphatic heterocycles. The quantitative estimate of drug-likeness (QED) is 0.836. The highest BCUT2D eigenvalue weighted by atomic mass is 16.3. The zero-order valence-corrected chi connectivity index (χ0v) is 10.7. The van der Waals surface area contributed by atoms with E-state index in [1.807, 2.05) is 6.07 Å². The number of likely N-dealkylation sites (tertiary alicyclic amines) is 1. The number of carbonyl (C=O) groups is 1. The van der Waals surface area contributed by atoms with Crippen LogP contribution in [0, 0.1) is 5.92 Å². The van der Waals surface area contributed by atoms with Crippen molar-refractivity contribution in [2.75, 3.05) is 26.7 Å². The Kier molecular flexibility index (Phi) is 4.20. The largest absolute Gasteiger partial charge is 0.508 e. The average Bonchev–Trinajstić information content (AvgIpc) is 2.76. The van der Waals surface area contributed by atoms with Gasteiger partial charge in [-0.2, -0.15) is 0 Å². The van der Waals surface area contributed by atoms with Crippen LogP contribution in [-0.4, -0.2) is 42.6 Å². The molecule has 2 N–H and O–H groups in total.